The van der Waals surface area contributed by atoms with Crippen LogP contribution in [0.1, 0.15) is 36.5 Å². The average Bonchev–Trinajstić information content (AvgIpc) is 3.12. The number of carbonyl (C=O) groups is 2. The van der Waals surface area contributed by atoms with Gasteiger partial charge in [0.25, 0.3) is 5.91 Å². The van der Waals surface area contributed by atoms with E-state index in [1.54, 1.807) is 0 Å². The highest BCUT2D eigenvalue weighted by molar-refractivity contribution is 5.97. The molecule has 2 fully saturated rings. The van der Waals surface area contributed by atoms with Gasteiger partial charge in [0.15, 0.2) is 0 Å². The van der Waals surface area contributed by atoms with Gasteiger partial charge in [-0.25, -0.2) is 0 Å². The molecule has 136 valence electrons. The summed E-state index contributed by atoms with van der Waals surface area (Å²) in [5.74, 6) is 0.454. The van der Waals surface area contributed by atoms with Crippen LogP contribution in [-0.4, -0.2) is 49.1 Å². The predicted octanol–water partition coefficient (Wildman–Crippen LogP) is 1.83. The number of amides is 2. The van der Waals surface area contributed by atoms with Gasteiger partial charge in [-0.2, -0.15) is 0 Å². The zero-order valence-electron chi connectivity index (χ0n) is 14.6. The second-order valence-electron chi connectivity index (χ2n) is 6.69. The highest BCUT2D eigenvalue weighted by atomic mass is 16.5. The Morgan fingerprint density at radius 2 is 1.96 bits per heavy atom. The first-order valence-corrected chi connectivity index (χ1v) is 9.03. The van der Waals surface area contributed by atoms with Gasteiger partial charge >= 0.3 is 0 Å². The molecule has 0 spiro atoms. The molecule has 2 aliphatic heterocycles. The average molecular weight is 346 g/mol. The van der Waals surface area contributed by atoms with Crippen LogP contribution in [0.4, 0.5) is 0 Å². The molecule has 2 atom stereocenters. The summed E-state index contributed by atoms with van der Waals surface area (Å²) in [5.41, 5.74) is 6.10. The van der Waals surface area contributed by atoms with Crippen molar-refractivity contribution in [3.05, 3.63) is 29.8 Å². The Kier molecular flexibility index (Phi) is 5.58. The van der Waals surface area contributed by atoms with E-state index in [1.165, 1.54) is 0 Å². The van der Waals surface area contributed by atoms with Crippen molar-refractivity contribution in [1.82, 2.24) is 4.90 Å². The maximum absolute atomic E-state index is 12.8. The lowest BCUT2D eigenvalue weighted by Gasteiger charge is -2.36. The summed E-state index contributed by atoms with van der Waals surface area (Å²) in [7, 11) is 0. The predicted molar refractivity (Wildman–Crippen MR) is 93.3 cm³/mol. The second kappa shape index (κ2) is 7.87. The Hall–Kier alpha value is -2.08. The second-order valence-corrected chi connectivity index (χ2v) is 6.69. The minimum Gasteiger partial charge on any atom is -0.493 e. The Labute approximate surface area is 148 Å². The van der Waals surface area contributed by atoms with Crippen LogP contribution in [0.15, 0.2) is 24.3 Å². The maximum Gasteiger partial charge on any atom is 0.257 e. The Morgan fingerprint density at radius 3 is 2.64 bits per heavy atom. The SMILES string of the molecule is CCOc1ccccc1C(=O)N1CCC([C@H]2OCC[C@@H]2C(N)=O)CC1. The number of carbonyl (C=O) groups excluding carboxylic acids is 2. The summed E-state index contributed by atoms with van der Waals surface area (Å²) < 4.78 is 11.3. The van der Waals surface area contributed by atoms with Gasteiger partial charge < -0.3 is 20.1 Å². The van der Waals surface area contributed by atoms with Gasteiger partial charge in [-0.15, -0.1) is 0 Å². The number of piperidine rings is 1. The lowest BCUT2D eigenvalue weighted by Crippen LogP contribution is -2.44. The van der Waals surface area contributed by atoms with Crippen LogP contribution in [0, 0.1) is 11.8 Å². The van der Waals surface area contributed by atoms with Crippen LogP contribution >= 0.6 is 0 Å². The van der Waals surface area contributed by atoms with Gasteiger partial charge in [-0.05, 0) is 44.2 Å². The first-order valence-electron chi connectivity index (χ1n) is 9.03. The summed E-state index contributed by atoms with van der Waals surface area (Å²) in [6.45, 7) is 4.35. The Bertz CT molecular complexity index is 626. The van der Waals surface area contributed by atoms with E-state index in [0.717, 1.165) is 12.8 Å². The fourth-order valence-electron chi connectivity index (χ4n) is 3.91. The number of nitrogens with two attached hydrogens (primary N) is 1. The first kappa shape index (κ1) is 17.7. The molecule has 0 aliphatic carbocycles. The van der Waals surface area contributed by atoms with Crippen molar-refractivity contribution in [1.29, 1.82) is 0 Å². The van der Waals surface area contributed by atoms with Crippen LogP contribution in [0.2, 0.25) is 0 Å². The molecule has 1 aromatic carbocycles. The van der Waals surface area contributed by atoms with Crippen LogP contribution in [-0.2, 0) is 9.53 Å². The number of nitrogens with zero attached hydrogens (tertiary/aromatic N) is 1. The van der Waals surface area contributed by atoms with Gasteiger partial charge in [0.1, 0.15) is 5.75 Å². The molecule has 0 aromatic heterocycles. The highest BCUT2D eigenvalue weighted by Crippen LogP contribution is 2.33. The fourth-order valence-corrected chi connectivity index (χ4v) is 3.91. The third kappa shape index (κ3) is 3.79. The monoisotopic (exact) mass is 346 g/mol. The van der Waals surface area contributed by atoms with Crippen molar-refractivity contribution in [2.24, 2.45) is 17.6 Å². The zero-order chi connectivity index (χ0) is 17.8. The number of hydrogen-bond acceptors (Lipinski definition) is 4. The number of rotatable bonds is 5. The van der Waals surface area contributed by atoms with Crippen LogP contribution in [0.5, 0.6) is 5.75 Å². The van der Waals surface area contributed by atoms with Crippen molar-refractivity contribution in [3.8, 4) is 5.75 Å². The molecule has 2 saturated heterocycles. The molecule has 2 amide bonds. The van der Waals surface area contributed by atoms with E-state index >= 15 is 0 Å². The largest absolute Gasteiger partial charge is 0.493 e. The van der Waals surface area contributed by atoms with Crippen molar-refractivity contribution in [2.45, 2.75) is 32.3 Å². The van der Waals surface area contributed by atoms with Crippen molar-refractivity contribution < 1.29 is 19.1 Å². The third-order valence-electron chi connectivity index (χ3n) is 5.21. The molecular formula is C19H26N2O4. The van der Waals surface area contributed by atoms with Gasteiger partial charge in [-0.3, -0.25) is 9.59 Å². The van der Waals surface area contributed by atoms with E-state index in [2.05, 4.69) is 0 Å². The minimum absolute atomic E-state index is 0.00120. The van der Waals surface area contributed by atoms with Crippen molar-refractivity contribution in [3.63, 3.8) is 0 Å². The van der Waals surface area contributed by atoms with E-state index in [9.17, 15) is 9.59 Å². The van der Waals surface area contributed by atoms with Gasteiger partial charge in [-0.1, -0.05) is 12.1 Å². The molecule has 3 rings (SSSR count). The van der Waals surface area contributed by atoms with Gasteiger partial charge in [0, 0.05) is 19.7 Å². The molecule has 6 nitrogen and oxygen atoms in total. The topological polar surface area (TPSA) is 81.9 Å². The van der Waals surface area contributed by atoms with E-state index in [-0.39, 0.29) is 29.8 Å². The summed E-state index contributed by atoms with van der Waals surface area (Å²) in [6.07, 6.45) is 2.28. The molecule has 25 heavy (non-hydrogen) atoms. The number of ether oxygens (including phenoxy) is 2. The van der Waals surface area contributed by atoms with E-state index < -0.39 is 0 Å². The molecule has 2 aliphatic rings. The highest BCUT2D eigenvalue weighted by Gasteiger charge is 2.40. The minimum atomic E-state index is -0.272. The summed E-state index contributed by atoms with van der Waals surface area (Å²) in [6, 6.07) is 7.36. The number of benzene rings is 1. The molecule has 0 unspecified atom stereocenters. The summed E-state index contributed by atoms with van der Waals surface area (Å²) in [5, 5.41) is 0. The van der Waals surface area contributed by atoms with Crippen LogP contribution < -0.4 is 10.5 Å². The Balaban J connectivity index is 1.62. The molecule has 6 heteroatoms. The lowest BCUT2D eigenvalue weighted by molar-refractivity contribution is -0.124. The molecule has 0 bridgehead atoms. The van der Waals surface area contributed by atoms with Gasteiger partial charge in [0.05, 0.1) is 24.2 Å². The normalized spacial score (nSPS) is 24.3. The Morgan fingerprint density at radius 1 is 1.24 bits per heavy atom. The molecule has 1 aromatic rings. The smallest absolute Gasteiger partial charge is 0.257 e. The van der Waals surface area contributed by atoms with E-state index in [1.807, 2.05) is 36.1 Å². The fraction of sp³-hybridized carbons (Fsp3) is 0.579. The number of hydrogen-bond donors (Lipinski definition) is 1. The molecule has 0 saturated carbocycles. The lowest BCUT2D eigenvalue weighted by atomic mass is 9.84. The standard InChI is InChI=1S/C19H26N2O4/c1-2-24-16-6-4-3-5-14(16)19(23)21-10-7-13(8-11-21)17-15(18(20)22)9-12-25-17/h3-6,13,15,17H,2,7-12H2,1H3,(H2,20,22)/t15-,17+/m0/s1. The van der Waals surface area contributed by atoms with Crippen LogP contribution in [0.25, 0.3) is 0 Å². The number of likely N-dealkylation sites (tertiary alicyclic amines) is 1. The van der Waals surface area contributed by atoms with E-state index in [4.69, 9.17) is 15.2 Å². The molecular weight excluding hydrogens is 320 g/mol. The molecule has 0 radical (unpaired) electrons. The van der Waals surface area contributed by atoms with E-state index in [0.29, 0.717) is 44.0 Å². The maximum atomic E-state index is 12.8. The molecule has 2 heterocycles. The number of para-hydroxylation sites is 1. The van der Waals surface area contributed by atoms with Gasteiger partial charge in [0.2, 0.25) is 5.91 Å². The quantitative estimate of drug-likeness (QED) is 0.882. The number of primary amides is 1. The summed E-state index contributed by atoms with van der Waals surface area (Å²) >= 11 is 0. The summed E-state index contributed by atoms with van der Waals surface area (Å²) in [4.78, 5) is 26.3. The third-order valence-corrected chi connectivity index (χ3v) is 5.21. The first-order chi connectivity index (χ1) is 12.1. The van der Waals surface area contributed by atoms with Crippen molar-refractivity contribution >= 4 is 11.8 Å². The zero-order valence-corrected chi connectivity index (χ0v) is 14.6. The van der Waals surface area contributed by atoms with Crippen LogP contribution in [0.3, 0.4) is 0 Å². The van der Waals surface area contributed by atoms with Crippen molar-refractivity contribution in [2.75, 3.05) is 26.3 Å². The molecule has 2 N–H and O–H groups in total.